The van der Waals surface area contributed by atoms with Gasteiger partial charge >= 0.3 is 0 Å². The largest absolute Gasteiger partial charge is 0.368 e. The molecule has 0 bridgehead atoms. The number of hydrogen-bond acceptors (Lipinski definition) is 7. The van der Waals surface area contributed by atoms with E-state index >= 15 is 0 Å². The van der Waals surface area contributed by atoms with Gasteiger partial charge in [0, 0.05) is 50.0 Å². The average molecular weight is 576 g/mol. The molecule has 40 heavy (non-hydrogen) atoms. The van der Waals surface area contributed by atoms with Crippen LogP contribution in [0.25, 0.3) is 6.08 Å². The molecule has 1 amide bonds. The van der Waals surface area contributed by atoms with Crippen molar-refractivity contribution in [2.45, 2.75) is 71.4 Å². The standard InChI is InChI=1S/C31H37N5O2S2/c1-3-4-15-35-28(34-18-16-33(17-19-34)23-11-7-5-8-12-23)25(22(2)26(21-32)29(35)37)20-27-30(38)36(31(39)40-27)24-13-9-6-10-14-24/h5,7-8,11-12,20,24H,3-4,6,9-10,13-19H2,1-2H3/b27-20-. The molecule has 9 heteroatoms. The summed E-state index contributed by atoms with van der Waals surface area (Å²) in [5.74, 6) is 0.761. The molecule has 1 aliphatic carbocycles. The fraction of sp³-hybridized carbons (Fsp3) is 0.484. The maximum absolute atomic E-state index is 13.7. The third-order valence-electron chi connectivity index (χ3n) is 8.32. The molecule has 0 radical (unpaired) electrons. The Bertz CT molecular complexity index is 1400. The summed E-state index contributed by atoms with van der Waals surface area (Å²) >= 11 is 7.04. The lowest BCUT2D eigenvalue weighted by Gasteiger charge is -2.39. The van der Waals surface area contributed by atoms with Gasteiger partial charge in [-0.2, -0.15) is 5.26 Å². The minimum Gasteiger partial charge on any atom is -0.368 e. The Hall–Kier alpha value is -3.09. The lowest BCUT2D eigenvalue weighted by atomic mass is 9.94. The van der Waals surface area contributed by atoms with Crippen molar-refractivity contribution in [2.75, 3.05) is 36.0 Å². The van der Waals surface area contributed by atoms with Crippen molar-refractivity contribution in [2.24, 2.45) is 0 Å². The maximum Gasteiger partial charge on any atom is 0.270 e. The van der Waals surface area contributed by atoms with Crippen LogP contribution < -0.4 is 15.4 Å². The Kier molecular flexibility index (Phi) is 8.97. The number of unbranched alkanes of at least 4 members (excludes halogenated alkanes) is 1. The number of aromatic nitrogens is 1. The second-order valence-corrected chi connectivity index (χ2v) is 12.5. The summed E-state index contributed by atoms with van der Waals surface area (Å²) in [5, 5.41) is 10.00. The van der Waals surface area contributed by atoms with Crippen molar-refractivity contribution in [3.05, 3.63) is 62.3 Å². The summed E-state index contributed by atoms with van der Waals surface area (Å²) in [7, 11) is 0. The molecule has 0 atom stereocenters. The highest BCUT2D eigenvalue weighted by Gasteiger charge is 2.38. The van der Waals surface area contributed by atoms with E-state index in [1.807, 2.05) is 24.0 Å². The van der Waals surface area contributed by atoms with E-state index in [1.165, 1.54) is 23.9 Å². The summed E-state index contributed by atoms with van der Waals surface area (Å²) in [5.41, 5.74) is 2.50. The van der Waals surface area contributed by atoms with Crippen LogP contribution in [0.4, 0.5) is 11.5 Å². The smallest absolute Gasteiger partial charge is 0.270 e. The highest BCUT2D eigenvalue weighted by Crippen LogP contribution is 2.39. The van der Waals surface area contributed by atoms with Gasteiger partial charge in [0.15, 0.2) is 0 Å². The number of rotatable bonds is 7. The Balaban J connectivity index is 1.56. The van der Waals surface area contributed by atoms with Gasteiger partial charge in [0.05, 0.1) is 4.91 Å². The molecule has 7 nitrogen and oxygen atoms in total. The molecule has 0 spiro atoms. The monoisotopic (exact) mass is 575 g/mol. The molecule has 2 saturated heterocycles. The number of thioether (sulfide) groups is 1. The van der Waals surface area contributed by atoms with Crippen LogP contribution in [0.2, 0.25) is 0 Å². The van der Waals surface area contributed by atoms with E-state index in [1.54, 1.807) is 4.57 Å². The first-order valence-electron chi connectivity index (χ1n) is 14.4. The molecule has 0 unspecified atom stereocenters. The van der Waals surface area contributed by atoms with Crippen LogP contribution in [-0.2, 0) is 11.3 Å². The number of hydrogen-bond donors (Lipinski definition) is 0. The van der Waals surface area contributed by atoms with Gasteiger partial charge in [0.2, 0.25) is 0 Å². The zero-order valence-electron chi connectivity index (χ0n) is 23.4. The predicted octanol–water partition coefficient (Wildman–Crippen LogP) is 5.69. The number of nitrogens with zero attached hydrogens (tertiary/aromatic N) is 5. The number of para-hydroxylation sites is 1. The number of pyridine rings is 1. The van der Waals surface area contributed by atoms with Crippen molar-refractivity contribution < 1.29 is 4.79 Å². The number of amides is 1. The van der Waals surface area contributed by atoms with Crippen molar-refractivity contribution in [3.63, 3.8) is 0 Å². The first-order valence-corrected chi connectivity index (χ1v) is 15.7. The molecule has 3 fully saturated rings. The van der Waals surface area contributed by atoms with Gasteiger partial charge in [0.1, 0.15) is 21.8 Å². The summed E-state index contributed by atoms with van der Waals surface area (Å²) < 4.78 is 2.39. The lowest BCUT2D eigenvalue weighted by Crippen LogP contribution is -2.48. The summed E-state index contributed by atoms with van der Waals surface area (Å²) in [6.45, 7) is 7.55. The minimum atomic E-state index is -0.249. The van der Waals surface area contributed by atoms with E-state index in [0.29, 0.717) is 21.3 Å². The highest BCUT2D eigenvalue weighted by molar-refractivity contribution is 8.26. The second kappa shape index (κ2) is 12.6. The first-order chi connectivity index (χ1) is 19.4. The predicted molar refractivity (Wildman–Crippen MR) is 168 cm³/mol. The lowest BCUT2D eigenvalue weighted by molar-refractivity contribution is -0.124. The molecule has 3 heterocycles. The zero-order chi connectivity index (χ0) is 28.2. The van der Waals surface area contributed by atoms with E-state index in [-0.39, 0.29) is 23.1 Å². The summed E-state index contributed by atoms with van der Waals surface area (Å²) in [6.07, 6.45) is 9.07. The van der Waals surface area contributed by atoms with Crippen LogP contribution in [0, 0.1) is 18.3 Å². The molecule has 1 saturated carbocycles. The molecule has 0 N–H and O–H groups in total. The molecular formula is C31H37N5O2S2. The molecule has 5 rings (SSSR count). The molecule has 2 aromatic rings. The normalized spacial score (nSPS) is 19.5. The molecular weight excluding hydrogens is 539 g/mol. The second-order valence-electron chi connectivity index (χ2n) is 10.8. The van der Waals surface area contributed by atoms with Crippen molar-refractivity contribution in [1.82, 2.24) is 9.47 Å². The van der Waals surface area contributed by atoms with Gasteiger partial charge in [-0.3, -0.25) is 19.1 Å². The summed E-state index contributed by atoms with van der Waals surface area (Å²) in [4.78, 5) is 34.3. The van der Waals surface area contributed by atoms with Crippen LogP contribution in [0.3, 0.4) is 0 Å². The van der Waals surface area contributed by atoms with E-state index in [2.05, 4.69) is 47.1 Å². The quantitative estimate of drug-likeness (QED) is 0.310. The fourth-order valence-electron chi connectivity index (χ4n) is 6.09. The number of carbonyl (C=O) groups is 1. The Morgan fingerprint density at radius 2 is 1.73 bits per heavy atom. The van der Waals surface area contributed by atoms with Crippen LogP contribution in [0.5, 0.6) is 0 Å². The topological polar surface area (TPSA) is 72.6 Å². The Morgan fingerprint density at radius 1 is 1.05 bits per heavy atom. The van der Waals surface area contributed by atoms with Gasteiger partial charge in [-0.15, -0.1) is 0 Å². The number of anilines is 2. The van der Waals surface area contributed by atoms with E-state index in [0.717, 1.165) is 76.1 Å². The van der Waals surface area contributed by atoms with Gasteiger partial charge in [-0.05, 0) is 50.0 Å². The minimum absolute atomic E-state index is 0.0500. The number of carbonyl (C=O) groups excluding carboxylic acids is 1. The van der Waals surface area contributed by atoms with E-state index in [9.17, 15) is 14.9 Å². The molecule has 2 aliphatic heterocycles. The average Bonchev–Trinajstić information content (AvgIpc) is 3.27. The highest BCUT2D eigenvalue weighted by atomic mass is 32.2. The molecule has 3 aliphatic rings. The zero-order valence-corrected chi connectivity index (χ0v) is 25.0. The number of piperazine rings is 1. The van der Waals surface area contributed by atoms with Gasteiger partial charge in [0.25, 0.3) is 11.5 Å². The Labute approximate surface area is 246 Å². The molecule has 1 aromatic carbocycles. The molecule has 210 valence electrons. The van der Waals surface area contributed by atoms with Gasteiger partial charge in [-0.25, -0.2) is 0 Å². The van der Waals surface area contributed by atoms with Crippen molar-refractivity contribution in [3.8, 4) is 6.07 Å². The first kappa shape index (κ1) is 28.4. The fourth-order valence-corrected chi connectivity index (χ4v) is 7.47. The number of thiocarbonyl (C=S) groups is 1. The van der Waals surface area contributed by atoms with Crippen LogP contribution >= 0.6 is 24.0 Å². The van der Waals surface area contributed by atoms with Crippen LogP contribution in [0.1, 0.15) is 68.6 Å². The van der Waals surface area contributed by atoms with E-state index in [4.69, 9.17) is 12.2 Å². The third kappa shape index (κ3) is 5.57. The van der Waals surface area contributed by atoms with Crippen molar-refractivity contribution >= 4 is 51.8 Å². The maximum atomic E-state index is 13.7. The van der Waals surface area contributed by atoms with Gasteiger partial charge in [-0.1, -0.05) is 74.8 Å². The number of nitriles is 1. The van der Waals surface area contributed by atoms with Gasteiger partial charge < -0.3 is 9.80 Å². The van der Waals surface area contributed by atoms with Crippen molar-refractivity contribution in [1.29, 1.82) is 5.26 Å². The molecule has 1 aromatic heterocycles. The van der Waals surface area contributed by atoms with E-state index < -0.39 is 0 Å². The van der Waals surface area contributed by atoms with Crippen LogP contribution in [-0.4, -0.2) is 51.9 Å². The number of benzene rings is 1. The van der Waals surface area contributed by atoms with Crippen LogP contribution in [0.15, 0.2) is 40.0 Å². The Morgan fingerprint density at radius 3 is 2.38 bits per heavy atom. The SMILES string of the molecule is CCCCn1c(N2CCN(c3ccccc3)CC2)c(/C=C2\SC(=S)N(C3CCCCC3)C2=O)c(C)c(C#N)c1=O. The summed E-state index contributed by atoms with van der Waals surface area (Å²) in [6, 6.07) is 12.7. The third-order valence-corrected chi connectivity index (χ3v) is 9.65.